The third-order valence-electron chi connectivity index (χ3n) is 2.94. The molecular formula is C17H18BrN. The van der Waals surface area contributed by atoms with Gasteiger partial charge in [-0.25, -0.2) is 0 Å². The maximum absolute atomic E-state index is 3.61. The van der Waals surface area contributed by atoms with Crippen LogP contribution in [0.4, 0.5) is 5.69 Å². The third-order valence-corrected chi connectivity index (χ3v) is 3.56. The first-order valence-corrected chi connectivity index (χ1v) is 7.18. The Hall–Kier alpha value is -1.54. The molecule has 0 heterocycles. The Morgan fingerprint density at radius 3 is 2.53 bits per heavy atom. The summed E-state index contributed by atoms with van der Waals surface area (Å²) < 4.78 is 1.12. The lowest BCUT2D eigenvalue weighted by molar-refractivity contribution is 1.27. The molecule has 1 N–H and O–H groups in total. The van der Waals surface area contributed by atoms with E-state index in [1.54, 1.807) is 0 Å². The van der Waals surface area contributed by atoms with Gasteiger partial charge in [0.2, 0.25) is 0 Å². The van der Waals surface area contributed by atoms with E-state index in [1.165, 1.54) is 22.4 Å². The number of benzene rings is 2. The van der Waals surface area contributed by atoms with Crippen LogP contribution in [-0.4, -0.2) is 6.54 Å². The average Bonchev–Trinajstić information content (AvgIpc) is 2.38. The zero-order valence-corrected chi connectivity index (χ0v) is 12.9. The van der Waals surface area contributed by atoms with Gasteiger partial charge in [0.15, 0.2) is 0 Å². The highest BCUT2D eigenvalue weighted by molar-refractivity contribution is 9.10. The second kappa shape index (κ2) is 6.58. The fraction of sp³-hybridized carbons (Fsp3) is 0.176. The molecular weight excluding hydrogens is 298 g/mol. The van der Waals surface area contributed by atoms with Crippen LogP contribution < -0.4 is 5.32 Å². The Morgan fingerprint density at radius 2 is 1.84 bits per heavy atom. The normalized spacial score (nSPS) is 10.9. The molecule has 0 aliphatic carbocycles. The average molecular weight is 316 g/mol. The predicted octanol–water partition coefficient (Wildman–Crippen LogP) is 5.19. The van der Waals surface area contributed by atoms with Gasteiger partial charge in [0.25, 0.3) is 0 Å². The topological polar surface area (TPSA) is 12.0 Å². The third kappa shape index (κ3) is 3.97. The molecule has 0 amide bonds. The molecule has 0 aliphatic rings. The van der Waals surface area contributed by atoms with E-state index in [1.807, 2.05) is 18.2 Å². The Kier molecular flexibility index (Phi) is 4.80. The van der Waals surface area contributed by atoms with Crippen molar-refractivity contribution in [3.63, 3.8) is 0 Å². The van der Waals surface area contributed by atoms with E-state index < -0.39 is 0 Å². The summed E-state index contributed by atoms with van der Waals surface area (Å²) in [6, 6.07) is 14.7. The van der Waals surface area contributed by atoms with Gasteiger partial charge < -0.3 is 5.32 Å². The van der Waals surface area contributed by atoms with Gasteiger partial charge in [-0.05, 0) is 52.5 Å². The van der Waals surface area contributed by atoms with E-state index in [2.05, 4.69) is 71.5 Å². The molecule has 0 spiro atoms. The number of hydrogen-bond acceptors (Lipinski definition) is 1. The molecule has 0 atom stereocenters. The number of anilines is 1. The second-order valence-electron chi connectivity index (χ2n) is 4.63. The van der Waals surface area contributed by atoms with Crippen LogP contribution >= 0.6 is 15.9 Å². The molecule has 2 aromatic rings. The predicted molar refractivity (Wildman–Crippen MR) is 87.6 cm³/mol. The van der Waals surface area contributed by atoms with Gasteiger partial charge in [-0.3, -0.25) is 0 Å². The summed E-state index contributed by atoms with van der Waals surface area (Å²) in [6.45, 7) is 5.05. The van der Waals surface area contributed by atoms with Crippen LogP contribution in [0.3, 0.4) is 0 Å². The number of rotatable bonds is 4. The molecule has 0 aliphatic heterocycles. The standard InChI is InChI=1S/C17H18BrN/c1-13-11-14(2)17(16(18)12-13)19-10-6-9-15-7-4-3-5-8-15/h3-9,11-12,19H,10H2,1-2H3/b9-6+. The fourth-order valence-corrected chi connectivity index (χ4v) is 2.87. The van der Waals surface area contributed by atoms with Crippen LogP contribution in [0, 0.1) is 13.8 Å². The van der Waals surface area contributed by atoms with Crippen LogP contribution in [0.1, 0.15) is 16.7 Å². The molecule has 0 radical (unpaired) electrons. The van der Waals surface area contributed by atoms with E-state index in [-0.39, 0.29) is 0 Å². The van der Waals surface area contributed by atoms with Gasteiger partial charge in [-0.1, -0.05) is 48.6 Å². The van der Waals surface area contributed by atoms with E-state index in [4.69, 9.17) is 0 Å². The summed E-state index contributed by atoms with van der Waals surface area (Å²) >= 11 is 3.61. The van der Waals surface area contributed by atoms with Gasteiger partial charge in [-0.2, -0.15) is 0 Å². The summed E-state index contributed by atoms with van der Waals surface area (Å²) in [5.74, 6) is 0. The van der Waals surface area contributed by atoms with Crippen LogP contribution in [0.2, 0.25) is 0 Å². The van der Waals surface area contributed by atoms with Crippen LogP contribution in [0.15, 0.2) is 53.0 Å². The maximum Gasteiger partial charge on any atom is 0.0516 e. The van der Waals surface area contributed by atoms with Crippen molar-refractivity contribution in [3.8, 4) is 0 Å². The smallest absolute Gasteiger partial charge is 0.0516 e. The summed E-state index contributed by atoms with van der Waals surface area (Å²) in [5.41, 5.74) is 4.93. The Morgan fingerprint density at radius 1 is 1.11 bits per heavy atom. The molecule has 0 bridgehead atoms. The Labute approximate surface area is 123 Å². The summed E-state index contributed by atoms with van der Waals surface area (Å²) in [5, 5.41) is 3.45. The molecule has 0 fully saturated rings. The minimum atomic E-state index is 0.817. The highest BCUT2D eigenvalue weighted by atomic mass is 79.9. The molecule has 2 heteroatoms. The number of nitrogens with one attached hydrogen (secondary N) is 1. The van der Waals surface area contributed by atoms with Crippen LogP contribution in [0.5, 0.6) is 0 Å². The first kappa shape index (κ1) is 13.9. The van der Waals surface area contributed by atoms with Gasteiger partial charge in [-0.15, -0.1) is 0 Å². The first-order valence-electron chi connectivity index (χ1n) is 6.39. The van der Waals surface area contributed by atoms with Crippen molar-refractivity contribution >= 4 is 27.7 Å². The van der Waals surface area contributed by atoms with Crippen molar-refractivity contribution in [3.05, 3.63) is 69.7 Å². The Balaban J connectivity index is 1.98. The fourth-order valence-electron chi connectivity index (χ4n) is 2.06. The Bertz CT molecular complexity index is 550. The lowest BCUT2D eigenvalue weighted by Crippen LogP contribution is -2.01. The minimum Gasteiger partial charge on any atom is -0.380 e. The quantitative estimate of drug-likeness (QED) is 0.818. The number of halogens is 1. The van der Waals surface area contributed by atoms with Crippen molar-refractivity contribution in [2.24, 2.45) is 0 Å². The number of aryl methyl sites for hydroxylation is 2. The molecule has 0 saturated carbocycles. The van der Waals surface area contributed by atoms with E-state index in [0.29, 0.717) is 0 Å². The second-order valence-corrected chi connectivity index (χ2v) is 5.49. The van der Waals surface area contributed by atoms with Gasteiger partial charge in [0.05, 0.1) is 5.69 Å². The molecule has 98 valence electrons. The summed E-state index contributed by atoms with van der Waals surface area (Å²) in [4.78, 5) is 0. The van der Waals surface area contributed by atoms with E-state index in [9.17, 15) is 0 Å². The van der Waals surface area contributed by atoms with Crippen LogP contribution in [0.25, 0.3) is 6.08 Å². The highest BCUT2D eigenvalue weighted by Gasteiger charge is 2.02. The van der Waals surface area contributed by atoms with Gasteiger partial charge >= 0.3 is 0 Å². The van der Waals surface area contributed by atoms with Crippen molar-refractivity contribution in [1.82, 2.24) is 0 Å². The molecule has 19 heavy (non-hydrogen) atoms. The molecule has 0 saturated heterocycles. The lowest BCUT2D eigenvalue weighted by atomic mass is 10.1. The minimum absolute atomic E-state index is 0.817. The zero-order chi connectivity index (χ0) is 13.7. The monoisotopic (exact) mass is 315 g/mol. The number of hydrogen-bond donors (Lipinski definition) is 1. The SMILES string of the molecule is Cc1cc(C)c(NC/C=C/c2ccccc2)c(Br)c1. The van der Waals surface area contributed by atoms with Crippen molar-refractivity contribution in [2.45, 2.75) is 13.8 Å². The van der Waals surface area contributed by atoms with E-state index in [0.717, 1.165) is 11.0 Å². The van der Waals surface area contributed by atoms with Crippen molar-refractivity contribution < 1.29 is 0 Å². The van der Waals surface area contributed by atoms with Crippen molar-refractivity contribution in [1.29, 1.82) is 0 Å². The lowest BCUT2D eigenvalue weighted by Gasteiger charge is -2.11. The summed E-state index contributed by atoms with van der Waals surface area (Å²) in [6.07, 6.45) is 4.27. The molecule has 2 rings (SSSR count). The van der Waals surface area contributed by atoms with Gasteiger partial charge in [0, 0.05) is 11.0 Å². The molecule has 1 nitrogen and oxygen atoms in total. The molecule has 0 aromatic heterocycles. The molecule has 0 unspecified atom stereocenters. The van der Waals surface area contributed by atoms with E-state index >= 15 is 0 Å². The van der Waals surface area contributed by atoms with Gasteiger partial charge in [0.1, 0.15) is 0 Å². The largest absolute Gasteiger partial charge is 0.380 e. The maximum atomic E-state index is 3.61. The highest BCUT2D eigenvalue weighted by Crippen LogP contribution is 2.27. The summed E-state index contributed by atoms with van der Waals surface area (Å²) in [7, 11) is 0. The first-order chi connectivity index (χ1) is 9.16. The molecule has 2 aromatic carbocycles. The van der Waals surface area contributed by atoms with Crippen LogP contribution in [-0.2, 0) is 0 Å². The van der Waals surface area contributed by atoms with Crippen molar-refractivity contribution in [2.75, 3.05) is 11.9 Å². The zero-order valence-electron chi connectivity index (χ0n) is 11.3.